The second-order valence-corrected chi connectivity index (χ2v) is 6.11. The Kier molecular flexibility index (Phi) is 6.00. The Labute approximate surface area is 144 Å². The van der Waals surface area contributed by atoms with Crippen LogP contribution in [-0.4, -0.2) is 18.3 Å². The molecule has 2 heteroatoms. The van der Waals surface area contributed by atoms with E-state index in [9.17, 15) is 0 Å². The second-order valence-electron chi connectivity index (χ2n) is 6.11. The summed E-state index contributed by atoms with van der Waals surface area (Å²) < 4.78 is 12.2. The van der Waals surface area contributed by atoms with Gasteiger partial charge in [-0.15, -0.1) is 6.58 Å². The van der Waals surface area contributed by atoms with E-state index in [2.05, 4.69) is 43.0 Å². The Morgan fingerprint density at radius 3 is 2.33 bits per heavy atom. The van der Waals surface area contributed by atoms with Crippen LogP contribution in [0.1, 0.15) is 24.0 Å². The van der Waals surface area contributed by atoms with E-state index in [0.717, 1.165) is 12.8 Å². The van der Waals surface area contributed by atoms with Crippen LogP contribution in [0, 0.1) is 0 Å². The molecule has 0 saturated carbocycles. The maximum atomic E-state index is 6.12. The van der Waals surface area contributed by atoms with Crippen molar-refractivity contribution in [3.05, 3.63) is 90.5 Å². The van der Waals surface area contributed by atoms with Crippen LogP contribution in [-0.2, 0) is 16.1 Å². The smallest absolute Gasteiger partial charge is 0.0791 e. The van der Waals surface area contributed by atoms with Crippen molar-refractivity contribution in [2.45, 2.75) is 37.8 Å². The molecule has 1 heterocycles. The molecule has 0 bridgehead atoms. The molecule has 1 aliphatic rings. The third-order valence-electron chi connectivity index (χ3n) is 4.23. The Balaban J connectivity index is 1.59. The Morgan fingerprint density at radius 2 is 1.62 bits per heavy atom. The van der Waals surface area contributed by atoms with Crippen LogP contribution < -0.4 is 0 Å². The number of hydrogen-bond donors (Lipinski definition) is 0. The average Bonchev–Trinajstić information content (AvgIpc) is 2.66. The van der Waals surface area contributed by atoms with E-state index < -0.39 is 0 Å². The van der Waals surface area contributed by atoms with Crippen molar-refractivity contribution in [3.8, 4) is 0 Å². The number of ether oxygens (including phenoxy) is 2. The molecule has 3 rings (SSSR count). The molecule has 2 aromatic rings. The highest BCUT2D eigenvalue weighted by Crippen LogP contribution is 2.25. The zero-order valence-electron chi connectivity index (χ0n) is 13.9. The topological polar surface area (TPSA) is 18.5 Å². The second kappa shape index (κ2) is 8.62. The summed E-state index contributed by atoms with van der Waals surface area (Å²) in [6, 6.07) is 20.6. The fourth-order valence-electron chi connectivity index (χ4n) is 2.93. The first-order chi connectivity index (χ1) is 11.8. The van der Waals surface area contributed by atoms with Crippen molar-refractivity contribution >= 4 is 6.08 Å². The molecule has 3 atom stereocenters. The maximum absolute atomic E-state index is 6.12. The normalized spacial score (nSPS) is 24.1. The number of hydrogen-bond acceptors (Lipinski definition) is 2. The molecule has 1 saturated heterocycles. The summed E-state index contributed by atoms with van der Waals surface area (Å²) in [5.41, 5.74) is 2.39. The fourth-order valence-corrected chi connectivity index (χ4v) is 2.93. The summed E-state index contributed by atoms with van der Waals surface area (Å²) in [5.74, 6) is 0. The first-order valence-electron chi connectivity index (χ1n) is 8.50. The largest absolute Gasteiger partial charge is 0.373 e. The minimum Gasteiger partial charge on any atom is -0.373 e. The van der Waals surface area contributed by atoms with E-state index >= 15 is 0 Å². The van der Waals surface area contributed by atoms with Gasteiger partial charge in [0, 0.05) is 12.8 Å². The molecule has 0 N–H and O–H groups in total. The van der Waals surface area contributed by atoms with Gasteiger partial charge in [-0.2, -0.15) is 0 Å². The minimum atomic E-state index is 0.0462. The summed E-state index contributed by atoms with van der Waals surface area (Å²) in [5, 5.41) is 0. The van der Waals surface area contributed by atoms with Gasteiger partial charge >= 0.3 is 0 Å². The lowest BCUT2D eigenvalue weighted by atomic mass is 9.99. The molecule has 0 aromatic heterocycles. The van der Waals surface area contributed by atoms with Crippen LogP contribution in [0.2, 0.25) is 0 Å². The molecule has 124 valence electrons. The highest BCUT2D eigenvalue weighted by atomic mass is 16.5. The van der Waals surface area contributed by atoms with E-state index in [1.54, 1.807) is 0 Å². The van der Waals surface area contributed by atoms with Gasteiger partial charge in [-0.25, -0.2) is 0 Å². The lowest BCUT2D eigenvalue weighted by Gasteiger charge is -2.32. The maximum Gasteiger partial charge on any atom is 0.0791 e. The van der Waals surface area contributed by atoms with Gasteiger partial charge in [-0.3, -0.25) is 0 Å². The first-order valence-corrected chi connectivity index (χ1v) is 8.50. The predicted molar refractivity (Wildman–Crippen MR) is 98.6 cm³/mol. The summed E-state index contributed by atoms with van der Waals surface area (Å²) in [7, 11) is 0. The van der Waals surface area contributed by atoms with Crippen molar-refractivity contribution in [1.29, 1.82) is 0 Å². The molecule has 0 unspecified atom stereocenters. The van der Waals surface area contributed by atoms with Crippen molar-refractivity contribution in [2.75, 3.05) is 0 Å². The number of benzene rings is 2. The third kappa shape index (κ3) is 4.92. The zero-order chi connectivity index (χ0) is 16.6. The van der Waals surface area contributed by atoms with Gasteiger partial charge < -0.3 is 9.47 Å². The van der Waals surface area contributed by atoms with E-state index in [0.29, 0.717) is 6.61 Å². The standard InChI is InChI=1S/C22H24O2/c1-2-20-15-22(23-17-19-11-7-4-8-12-19)16-21(24-20)14-13-18-9-5-3-6-10-18/h2-14,20-22H,1,15-17H2/b14-13-/t20-,21+,22+/m0/s1. The van der Waals surface area contributed by atoms with Crippen molar-refractivity contribution in [3.63, 3.8) is 0 Å². The SMILES string of the molecule is C=C[C@H]1C[C@@H](OCc2ccccc2)C[C@@H](/C=C\c2ccccc2)O1. The predicted octanol–water partition coefficient (Wildman–Crippen LogP) is 5.02. The van der Waals surface area contributed by atoms with Crippen LogP contribution in [0.15, 0.2) is 79.4 Å². The van der Waals surface area contributed by atoms with Gasteiger partial charge in [-0.1, -0.05) is 78.9 Å². The quantitative estimate of drug-likeness (QED) is 0.696. The van der Waals surface area contributed by atoms with Gasteiger partial charge in [0.25, 0.3) is 0 Å². The van der Waals surface area contributed by atoms with Crippen LogP contribution in [0.4, 0.5) is 0 Å². The van der Waals surface area contributed by atoms with E-state index in [-0.39, 0.29) is 18.3 Å². The molecule has 24 heavy (non-hydrogen) atoms. The van der Waals surface area contributed by atoms with E-state index in [4.69, 9.17) is 9.47 Å². The number of rotatable bonds is 6. The molecule has 0 spiro atoms. The fraction of sp³-hybridized carbons (Fsp3) is 0.273. The van der Waals surface area contributed by atoms with E-state index in [1.807, 2.05) is 42.5 Å². The Morgan fingerprint density at radius 1 is 0.958 bits per heavy atom. The Hall–Kier alpha value is -2.16. The van der Waals surface area contributed by atoms with Crippen molar-refractivity contribution in [1.82, 2.24) is 0 Å². The summed E-state index contributed by atoms with van der Waals surface area (Å²) in [4.78, 5) is 0. The molecule has 1 aliphatic heterocycles. The molecule has 0 amide bonds. The lowest BCUT2D eigenvalue weighted by Crippen LogP contribution is -2.35. The summed E-state index contributed by atoms with van der Waals surface area (Å²) >= 11 is 0. The van der Waals surface area contributed by atoms with Crippen LogP contribution in [0.5, 0.6) is 0 Å². The van der Waals surface area contributed by atoms with Gasteiger partial charge in [0.1, 0.15) is 0 Å². The molecule has 1 fully saturated rings. The van der Waals surface area contributed by atoms with Crippen molar-refractivity contribution in [2.24, 2.45) is 0 Å². The Bertz CT molecular complexity index is 648. The van der Waals surface area contributed by atoms with Crippen LogP contribution in [0.25, 0.3) is 6.08 Å². The molecule has 2 nitrogen and oxygen atoms in total. The highest BCUT2D eigenvalue weighted by molar-refractivity contribution is 5.49. The van der Waals surface area contributed by atoms with Gasteiger partial charge in [0.2, 0.25) is 0 Å². The molecular formula is C22H24O2. The van der Waals surface area contributed by atoms with Gasteiger partial charge in [-0.05, 0) is 11.1 Å². The van der Waals surface area contributed by atoms with Gasteiger partial charge in [0.05, 0.1) is 24.9 Å². The highest BCUT2D eigenvalue weighted by Gasteiger charge is 2.27. The molecule has 2 aromatic carbocycles. The van der Waals surface area contributed by atoms with Crippen LogP contribution in [0.3, 0.4) is 0 Å². The summed E-state index contributed by atoms with van der Waals surface area (Å²) in [6.45, 7) is 4.53. The molecule has 0 radical (unpaired) electrons. The third-order valence-corrected chi connectivity index (χ3v) is 4.23. The van der Waals surface area contributed by atoms with Crippen molar-refractivity contribution < 1.29 is 9.47 Å². The summed E-state index contributed by atoms with van der Waals surface area (Å²) in [6.07, 6.45) is 8.15. The average molecular weight is 320 g/mol. The van der Waals surface area contributed by atoms with Gasteiger partial charge in [0.15, 0.2) is 0 Å². The first kappa shape index (κ1) is 16.7. The lowest BCUT2D eigenvalue weighted by molar-refractivity contribution is -0.0866. The molecular weight excluding hydrogens is 296 g/mol. The molecule has 0 aliphatic carbocycles. The van der Waals surface area contributed by atoms with E-state index in [1.165, 1.54) is 11.1 Å². The monoisotopic (exact) mass is 320 g/mol. The minimum absolute atomic E-state index is 0.0462. The van der Waals surface area contributed by atoms with Crippen LogP contribution >= 0.6 is 0 Å². The zero-order valence-corrected chi connectivity index (χ0v) is 13.9.